The highest BCUT2D eigenvalue weighted by Crippen LogP contribution is 2.25. The van der Waals surface area contributed by atoms with Gasteiger partial charge in [-0.3, -0.25) is 19.8 Å². The second-order valence-electron chi connectivity index (χ2n) is 6.50. The summed E-state index contributed by atoms with van der Waals surface area (Å²) >= 11 is 0. The molecule has 27 heavy (non-hydrogen) atoms. The molecule has 0 saturated carbocycles. The molecule has 5 nitrogen and oxygen atoms in total. The number of ketones is 1. The Labute approximate surface area is 154 Å². The lowest BCUT2D eigenvalue weighted by Gasteiger charge is -2.13. The van der Waals surface area contributed by atoms with E-state index in [1.54, 1.807) is 18.5 Å². The molecule has 0 radical (unpaired) electrons. The SMILES string of the molecule is Cc1cc(C2=NCc3cc(CC(=O)CCC(O)C(F)(F)F)ncc32)ccn1. The van der Waals surface area contributed by atoms with Gasteiger partial charge in [-0.25, -0.2) is 0 Å². The van der Waals surface area contributed by atoms with Crippen LogP contribution in [-0.2, 0) is 17.8 Å². The molecule has 2 aromatic rings. The number of fused-ring (bicyclic) bond motifs is 1. The average molecular weight is 377 g/mol. The van der Waals surface area contributed by atoms with Crippen molar-refractivity contribution in [1.82, 2.24) is 9.97 Å². The van der Waals surface area contributed by atoms with E-state index in [-0.39, 0.29) is 12.8 Å². The van der Waals surface area contributed by atoms with Gasteiger partial charge in [0.05, 0.1) is 12.3 Å². The number of hydrogen-bond donors (Lipinski definition) is 1. The Balaban J connectivity index is 1.65. The molecule has 142 valence electrons. The molecule has 0 saturated heterocycles. The molecular weight excluding hydrogens is 359 g/mol. The highest BCUT2D eigenvalue weighted by molar-refractivity contribution is 6.15. The predicted molar refractivity (Wildman–Crippen MR) is 92.6 cm³/mol. The maximum absolute atomic E-state index is 12.3. The van der Waals surface area contributed by atoms with Crippen LogP contribution in [0.5, 0.6) is 0 Å². The zero-order valence-corrected chi connectivity index (χ0v) is 14.6. The van der Waals surface area contributed by atoms with Gasteiger partial charge in [-0.15, -0.1) is 0 Å². The molecule has 3 rings (SSSR count). The molecule has 0 bridgehead atoms. The van der Waals surface area contributed by atoms with Crippen LogP contribution in [0.3, 0.4) is 0 Å². The minimum Gasteiger partial charge on any atom is -0.384 e. The summed E-state index contributed by atoms with van der Waals surface area (Å²) in [5.74, 6) is -0.394. The van der Waals surface area contributed by atoms with Crippen molar-refractivity contribution in [3.8, 4) is 0 Å². The summed E-state index contributed by atoms with van der Waals surface area (Å²) in [4.78, 5) is 24.9. The van der Waals surface area contributed by atoms with Gasteiger partial charge in [0, 0.05) is 47.8 Å². The van der Waals surface area contributed by atoms with Gasteiger partial charge >= 0.3 is 6.18 Å². The van der Waals surface area contributed by atoms with Crippen molar-refractivity contribution in [3.05, 3.63) is 58.7 Å². The first kappa shape index (κ1) is 19.2. The molecule has 0 amide bonds. The van der Waals surface area contributed by atoms with Crippen molar-refractivity contribution in [3.63, 3.8) is 0 Å². The summed E-state index contributed by atoms with van der Waals surface area (Å²) in [6.45, 7) is 2.35. The Morgan fingerprint density at radius 2 is 2.07 bits per heavy atom. The normalized spacial score (nSPS) is 14.6. The van der Waals surface area contributed by atoms with E-state index in [4.69, 9.17) is 5.11 Å². The lowest BCUT2D eigenvalue weighted by molar-refractivity contribution is -0.205. The van der Waals surface area contributed by atoms with Crippen molar-refractivity contribution in [2.75, 3.05) is 0 Å². The largest absolute Gasteiger partial charge is 0.414 e. The first-order valence-corrected chi connectivity index (χ1v) is 8.46. The van der Waals surface area contributed by atoms with Crippen LogP contribution >= 0.6 is 0 Å². The quantitative estimate of drug-likeness (QED) is 0.840. The van der Waals surface area contributed by atoms with E-state index >= 15 is 0 Å². The lowest BCUT2D eigenvalue weighted by Crippen LogP contribution is -2.29. The van der Waals surface area contributed by atoms with E-state index in [2.05, 4.69) is 15.0 Å². The van der Waals surface area contributed by atoms with Gasteiger partial charge in [-0.2, -0.15) is 13.2 Å². The van der Waals surface area contributed by atoms with Gasteiger partial charge in [0.2, 0.25) is 0 Å². The fourth-order valence-corrected chi connectivity index (χ4v) is 2.93. The van der Waals surface area contributed by atoms with Crippen LogP contribution < -0.4 is 0 Å². The van der Waals surface area contributed by atoms with E-state index in [1.165, 1.54) is 0 Å². The predicted octanol–water partition coefficient (Wildman–Crippen LogP) is 2.95. The van der Waals surface area contributed by atoms with Crippen molar-refractivity contribution < 1.29 is 23.1 Å². The van der Waals surface area contributed by atoms with Gasteiger partial charge in [0.15, 0.2) is 0 Å². The standard InChI is InChI=1S/C19H18F3N3O2/c1-11-6-12(4-5-23-11)18-16-10-24-14(7-13(16)9-25-18)8-15(26)2-3-17(27)19(20,21)22/h4-7,10,17,27H,2-3,8-9H2,1H3. The Kier molecular flexibility index (Phi) is 5.36. The van der Waals surface area contributed by atoms with Crippen molar-refractivity contribution in [1.29, 1.82) is 0 Å². The number of aliphatic imine (C=N–C) groups is 1. The Bertz CT molecular complexity index is 894. The van der Waals surface area contributed by atoms with Gasteiger partial charge in [-0.05, 0) is 37.1 Å². The second kappa shape index (κ2) is 7.56. The molecule has 0 fully saturated rings. The van der Waals surface area contributed by atoms with Gasteiger partial charge < -0.3 is 5.11 Å². The number of aliphatic hydroxyl groups excluding tert-OH is 1. The van der Waals surface area contributed by atoms with Crippen LogP contribution in [0.15, 0.2) is 35.6 Å². The first-order valence-electron chi connectivity index (χ1n) is 8.46. The maximum Gasteiger partial charge on any atom is 0.414 e. The van der Waals surface area contributed by atoms with Gasteiger partial charge in [-0.1, -0.05) is 0 Å². The monoisotopic (exact) mass is 377 g/mol. The zero-order valence-electron chi connectivity index (χ0n) is 14.6. The highest BCUT2D eigenvalue weighted by Gasteiger charge is 2.37. The number of aryl methyl sites for hydroxylation is 1. The van der Waals surface area contributed by atoms with Gasteiger partial charge in [0.1, 0.15) is 11.9 Å². The molecule has 8 heteroatoms. The molecule has 1 aliphatic rings. The van der Waals surface area contributed by atoms with Crippen LogP contribution in [0.25, 0.3) is 0 Å². The number of Topliss-reactive ketones (excluding diaryl/α,β-unsaturated/α-hetero) is 1. The van der Waals surface area contributed by atoms with E-state index in [1.807, 2.05) is 19.1 Å². The van der Waals surface area contributed by atoms with Crippen LogP contribution in [-0.4, -0.2) is 38.8 Å². The number of rotatable bonds is 6. The number of alkyl halides is 3. The molecule has 2 aromatic heterocycles. The van der Waals surface area contributed by atoms with E-state index in [0.717, 1.165) is 28.1 Å². The molecule has 1 unspecified atom stereocenters. The topological polar surface area (TPSA) is 75.4 Å². The third-order valence-corrected chi connectivity index (χ3v) is 4.33. The number of carbonyl (C=O) groups is 1. The number of aliphatic hydroxyl groups is 1. The zero-order chi connectivity index (χ0) is 19.6. The molecular formula is C19H18F3N3O2. The fraction of sp³-hybridized carbons (Fsp3) is 0.368. The Hall–Kier alpha value is -2.61. The van der Waals surface area contributed by atoms with Crippen LogP contribution in [0.4, 0.5) is 13.2 Å². The second-order valence-corrected chi connectivity index (χ2v) is 6.50. The lowest BCUT2D eigenvalue weighted by atomic mass is 10.0. The number of halogens is 3. The van der Waals surface area contributed by atoms with E-state index in [0.29, 0.717) is 12.2 Å². The number of pyridine rings is 2. The number of nitrogens with zero attached hydrogens (tertiary/aromatic N) is 3. The van der Waals surface area contributed by atoms with Crippen molar-refractivity contribution in [2.24, 2.45) is 4.99 Å². The van der Waals surface area contributed by atoms with Crippen LogP contribution in [0.1, 0.15) is 40.9 Å². The fourth-order valence-electron chi connectivity index (χ4n) is 2.93. The molecule has 0 aliphatic carbocycles. The van der Waals surface area contributed by atoms with Crippen molar-refractivity contribution in [2.45, 2.75) is 45.0 Å². The van der Waals surface area contributed by atoms with Crippen LogP contribution in [0, 0.1) is 6.92 Å². The smallest absolute Gasteiger partial charge is 0.384 e. The number of hydrogen-bond acceptors (Lipinski definition) is 5. The minimum atomic E-state index is -4.70. The maximum atomic E-state index is 12.3. The number of aromatic nitrogens is 2. The van der Waals surface area contributed by atoms with Gasteiger partial charge in [0.25, 0.3) is 0 Å². The minimum absolute atomic E-state index is 0.0679. The molecule has 3 heterocycles. The Morgan fingerprint density at radius 3 is 2.78 bits per heavy atom. The summed E-state index contributed by atoms with van der Waals surface area (Å²) in [5.41, 5.74) is 4.92. The third kappa shape index (κ3) is 4.57. The van der Waals surface area contributed by atoms with E-state index < -0.39 is 24.5 Å². The molecule has 1 N–H and O–H groups in total. The molecule has 0 spiro atoms. The van der Waals surface area contributed by atoms with E-state index in [9.17, 15) is 18.0 Å². The number of carbonyl (C=O) groups excluding carboxylic acids is 1. The summed E-state index contributed by atoms with van der Waals surface area (Å²) in [6, 6.07) is 5.56. The first-order chi connectivity index (χ1) is 12.7. The summed E-state index contributed by atoms with van der Waals surface area (Å²) < 4.78 is 36.9. The highest BCUT2D eigenvalue weighted by atomic mass is 19.4. The molecule has 0 aromatic carbocycles. The van der Waals surface area contributed by atoms with Crippen LogP contribution in [0.2, 0.25) is 0 Å². The van der Waals surface area contributed by atoms with Crippen molar-refractivity contribution >= 4 is 11.5 Å². The summed E-state index contributed by atoms with van der Waals surface area (Å²) in [6.07, 6.45) is -4.88. The summed E-state index contributed by atoms with van der Waals surface area (Å²) in [7, 11) is 0. The molecule has 1 aliphatic heterocycles. The average Bonchev–Trinajstić information content (AvgIpc) is 3.02. The third-order valence-electron chi connectivity index (χ3n) is 4.33. The Morgan fingerprint density at radius 1 is 1.30 bits per heavy atom. The molecule has 1 atom stereocenters. The summed E-state index contributed by atoms with van der Waals surface area (Å²) in [5, 5.41) is 8.97.